The van der Waals surface area contributed by atoms with Gasteiger partial charge in [-0.2, -0.15) is 0 Å². The molecule has 0 radical (unpaired) electrons. The first-order valence-electron chi connectivity index (χ1n) is 9.43. The summed E-state index contributed by atoms with van der Waals surface area (Å²) in [4.78, 5) is 36.7. The van der Waals surface area contributed by atoms with Gasteiger partial charge in [-0.25, -0.2) is 4.79 Å². The van der Waals surface area contributed by atoms with Crippen LogP contribution < -0.4 is 15.4 Å². The number of nitrogens with one attached hydrogen (secondary N) is 2. The minimum Gasteiger partial charge on any atom is -0.497 e. The summed E-state index contributed by atoms with van der Waals surface area (Å²) < 4.78 is 5.97. The molecule has 162 valence electrons. The molecule has 3 aromatic carbocycles. The Morgan fingerprint density at radius 3 is 2.03 bits per heavy atom. The van der Waals surface area contributed by atoms with Gasteiger partial charge in [-0.1, -0.05) is 28.1 Å². The van der Waals surface area contributed by atoms with Gasteiger partial charge >= 0.3 is 5.97 Å². The second-order valence-electron chi connectivity index (χ2n) is 6.63. The number of carboxylic acids is 1. The van der Waals surface area contributed by atoms with E-state index in [4.69, 9.17) is 9.84 Å². The van der Waals surface area contributed by atoms with Crippen LogP contribution in [0.25, 0.3) is 6.08 Å². The molecule has 0 aliphatic carbocycles. The summed E-state index contributed by atoms with van der Waals surface area (Å²) in [6.45, 7) is 0. The molecule has 3 aromatic rings. The number of amides is 2. The maximum Gasteiger partial charge on any atom is 0.335 e. The number of hydrogen-bond acceptors (Lipinski definition) is 4. The fourth-order valence-corrected chi connectivity index (χ4v) is 2.98. The number of rotatable bonds is 7. The second-order valence-corrected chi connectivity index (χ2v) is 7.54. The van der Waals surface area contributed by atoms with Crippen molar-refractivity contribution in [3.05, 3.63) is 99.7 Å². The van der Waals surface area contributed by atoms with Crippen molar-refractivity contribution in [2.75, 3.05) is 12.4 Å². The van der Waals surface area contributed by atoms with E-state index in [1.54, 1.807) is 55.6 Å². The smallest absolute Gasteiger partial charge is 0.335 e. The van der Waals surface area contributed by atoms with Crippen LogP contribution in [0.4, 0.5) is 5.69 Å². The van der Waals surface area contributed by atoms with Crippen molar-refractivity contribution >= 4 is 45.5 Å². The molecule has 0 saturated carbocycles. The van der Waals surface area contributed by atoms with Gasteiger partial charge in [-0.05, 0) is 72.3 Å². The van der Waals surface area contributed by atoms with Crippen LogP contribution in [0.3, 0.4) is 0 Å². The number of methoxy groups -OCH3 is 1. The normalized spacial score (nSPS) is 10.9. The van der Waals surface area contributed by atoms with Gasteiger partial charge in [0.05, 0.1) is 12.7 Å². The fourth-order valence-electron chi connectivity index (χ4n) is 2.72. The lowest BCUT2D eigenvalue weighted by Gasteiger charge is -2.12. The minimum absolute atomic E-state index is 0.0189. The van der Waals surface area contributed by atoms with E-state index in [2.05, 4.69) is 26.6 Å². The van der Waals surface area contributed by atoms with E-state index in [9.17, 15) is 14.4 Å². The van der Waals surface area contributed by atoms with Gasteiger partial charge in [0.25, 0.3) is 11.8 Å². The average Bonchev–Trinajstić information content (AvgIpc) is 2.79. The minimum atomic E-state index is -1.07. The molecule has 0 fully saturated rings. The first-order valence-corrected chi connectivity index (χ1v) is 10.2. The third kappa shape index (κ3) is 6.05. The Bertz CT molecular complexity index is 1150. The van der Waals surface area contributed by atoms with Crippen LogP contribution in [0.15, 0.2) is 83.0 Å². The van der Waals surface area contributed by atoms with Gasteiger partial charge in [-0.15, -0.1) is 0 Å². The molecule has 0 bridgehead atoms. The number of carbonyl (C=O) groups is 3. The molecule has 0 spiro atoms. The molecule has 0 aliphatic heterocycles. The third-order valence-electron chi connectivity index (χ3n) is 4.42. The van der Waals surface area contributed by atoms with Crippen molar-refractivity contribution in [2.45, 2.75) is 0 Å². The zero-order valence-corrected chi connectivity index (χ0v) is 18.5. The Balaban J connectivity index is 1.86. The molecule has 0 aliphatic rings. The van der Waals surface area contributed by atoms with Crippen molar-refractivity contribution in [1.29, 1.82) is 0 Å². The number of benzene rings is 3. The van der Waals surface area contributed by atoms with Crippen LogP contribution in [-0.2, 0) is 4.79 Å². The van der Waals surface area contributed by atoms with Crippen LogP contribution in [0.2, 0.25) is 0 Å². The maximum absolute atomic E-state index is 12.9. The first-order chi connectivity index (χ1) is 15.4. The molecule has 0 saturated heterocycles. The molecule has 0 unspecified atom stereocenters. The summed E-state index contributed by atoms with van der Waals surface area (Å²) >= 11 is 3.32. The fraction of sp³-hybridized carbons (Fsp3) is 0.0417. The SMILES string of the molecule is COc1ccc(/C=C(\NC(=O)c2ccc(Br)cc2)C(=O)Nc2ccc(C(=O)O)cc2)cc1. The summed E-state index contributed by atoms with van der Waals surface area (Å²) in [5, 5.41) is 14.3. The number of carboxylic acid groups (broad SMARTS) is 1. The van der Waals surface area contributed by atoms with Gasteiger partial charge in [0.2, 0.25) is 0 Å². The van der Waals surface area contributed by atoms with Crippen LogP contribution in [0.1, 0.15) is 26.3 Å². The Morgan fingerprint density at radius 2 is 1.47 bits per heavy atom. The highest BCUT2D eigenvalue weighted by atomic mass is 79.9. The Morgan fingerprint density at radius 1 is 0.875 bits per heavy atom. The van der Waals surface area contributed by atoms with Crippen molar-refractivity contribution < 1.29 is 24.2 Å². The number of hydrogen-bond donors (Lipinski definition) is 3. The van der Waals surface area contributed by atoms with E-state index in [0.29, 0.717) is 22.6 Å². The molecular weight excluding hydrogens is 476 g/mol. The predicted molar refractivity (Wildman–Crippen MR) is 125 cm³/mol. The van der Waals surface area contributed by atoms with Gasteiger partial charge in [-0.3, -0.25) is 9.59 Å². The molecule has 3 rings (SSSR count). The van der Waals surface area contributed by atoms with E-state index in [0.717, 1.165) is 4.47 Å². The molecule has 0 aromatic heterocycles. The van der Waals surface area contributed by atoms with E-state index in [1.807, 2.05) is 0 Å². The Kier molecular flexibility index (Phi) is 7.41. The molecular formula is C24H19BrN2O5. The number of halogens is 1. The molecule has 0 atom stereocenters. The Labute approximate surface area is 192 Å². The van der Waals surface area contributed by atoms with Gasteiger partial charge in [0.1, 0.15) is 11.4 Å². The van der Waals surface area contributed by atoms with Crippen LogP contribution >= 0.6 is 15.9 Å². The summed E-state index contributed by atoms with van der Waals surface area (Å²) in [5.41, 5.74) is 1.56. The monoisotopic (exact) mass is 494 g/mol. The lowest BCUT2D eigenvalue weighted by atomic mass is 10.1. The Hall–Kier alpha value is -3.91. The highest BCUT2D eigenvalue weighted by Gasteiger charge is 2.15. The van der Waals surface area contributed by atoms with E-state index in [-0.39, 0.29) is 11.3 Å². The number of ether oxygens (including phenoxy) is 1. The molecule has 7 nitrogen and oxygen atoms in total. The van der Waals surface area contributed by atoms with Crippen LogP contribution in [0.5, 0.6) is 5.75 Å². The summed E-state index contributed by atoms with van der Waals surface area (Å²) in [6, 6.07) is 19.4. The molecule has 0 heterocycles. The maximum atomic E-state index is 12.9. The van der Waals surface area contributed by atoms with E-state index in [1.165, 1.54) is 30.3 Å². The number of carbonyl (C=O) groups excluding carboxylic acids is 2. The number of aromatic carboxylic acids is 1. The zero-order valence-electron chi connectivity index (χ0n) is 17.0. The number of anilines is 1. The topological polar surface area (TPSA) is 105 Å². The third-order valence-corrected chi connectivity index (χ3v) is 4.94. The molecule has 32 heavy (non-hydrogen) atoms. The highest BCUT2D eigenvalue weighted by molar-refractivity contribution is 9.10. The summed E-state index contributed by atoms with van der Waals surface area (Å²) in [7, 11) is 1.55. The quantitative estimate of drug-likeness (QED) is 0.417. The van der Waals surface area contributed by atoms with Crippen molar-refractivity contribution in [2.24, 2.45) is 0 Å². The van der Waals surface area contributed by atoms with Crippen molar-refractivity contribution in [1.82, 2.24) is 5.32 Å². The molecule has 8 heteroatoms. The van der Waals surface area contributed by atoms with Crippen molar-refractivity contribution in [3.8, 4) is 5.75 Å². The largest absolute Gasteiger partial charge is 0.497 e. The average molecular weight is 495 g/mol. The standard InChI is InChI=1S/C24H19BrN2O5/c1-32-20-12-2-15(3-13-20)14-21(27-22(28)16-4-8-18(25)9-5-16)23(29)26-19-10-6-17(7-11-19)24(30)31/h2-14H,1H3,(H,26,29)(H,27,28)(H,30,31)/b21-14-. The van der Waals surface area contributed by atoms with Gasteiger partial charge < -0.3 is 20.5 Å². The van der Waals surface area contributed by atoms with Crippen molar-refractivity contribution in [3.63, 3.8) is 0 Å². The first kappa shape index (κ1) is 22.8. The molecule has 2 amide bonds. The summed E-state index contributed by atoms with van der Waals surface area (Å²) in [5.74, 6) is -1.42. The van der Waals surface area contributed by atoms with Gasteiger partial charge in [0.15, 0.2) is 0 Å². The molecule has 3 N–H and O–H groups in total. The van der Waals surface area contributed by atoms with Gasteiger partial charge in [0, 0.05) is 15.7 Å². The van der Waals surface area contributed by atoms with Crippen LogP contribution in [0, 0.1) is 0 Å². The van der Waals surface area contributed by atoms with Crippen LogP contribution in [-0.4, -0.2) is 30.0 Å². The summed E-state index contributed by atoms with van der Waals surface area (Å²) in [6.07, 6.45) is 1.54. The lowest BCUT2D eigenvalue weighted by Crippen LogP contribution is -2.30. The van der Waals surface area contributed by atoms with E-state index < -0.39 is 17.8 Å². The second kappa shape index (κ2) is 10.4. The highest BCUT2D eigenvalue weighted by Crippen LogP contribution is 2.16. The predicted octanol–water partition coefficient (Wildman–Crippen LogP) is 4.57. The van der Waals surface area contributed by atoms with E-state index >= 15 is 0 Å². The lowest BCUT2D eigenvalue weighted by molar-refractivity contribution is -0.113. The zero-order chi connectivity index (χ0) is 23.1.